The molecule has 1 amide bonds. The summed E-state index contributed by atoms with van der Waals surface area (Å²) < 4.78 is 5.45. The van der Waals surface area contributed by atoms with Gasteiger partial charge < -0.3 is 10.1 Å². The molecule has 16 heavy (non-hydrogen) atoms. The molecule has 1 aliphatic heterocycles. The molecule has 1 unspecified atom stereocenters. The van der Waals surface area contributed by atoms with Gasteiger partial charge in [-0.15, -0.1) is 0 Å². The maximum absolute atomic E-state index is 11.6. The van der Waals surface area contributed by atoms with Crippen LogP contribution < -0.4 is 5.32 Å². The third-order valence-corrected chi connectivity index (χ3v) is 3.23. The number of likely N-dealkylation sites (N-methyl/N-ethyl adjacent to an activating group) is 1. The van der Waals surface area contributed by atoms with Crippen LogP contribution in [-0.2, 0) is 9.53 Å². The van der Waals surface area contributed by atoms with Crippen molar-refractivity contribution >= 4 is 5.91 Å². The summed E-state index contributed by atoms with van der Waals surface area (Å²) in [7, 11) is 2.02. The van der Waals surface area contributed by atoms with Crippen molar-refractivity contribution < 1.29 is 9.53 Å². The number of carbonyl (C=O) groups excluding carboxylic acids is 1. The van der Waals surface area contributed by atoms with Gasteiger partial charge in [0.05, 0.1) is 12.6 Å². The van der Waals surface area contributed by atoms with Gasteiger partial charge in [0, 0.05) is 19.7 Å². The fraction of sp³-hybridized carbons (Fsp3) is 0.917. The highest BCUT2D eigenvalue weighted by atomic mass is 16.5. The predicted octanol–water partition coefficient (Wildman–Crippen LogP) is 0.623. The van der Waals surface area contributed by atoms with Crippen LogP contribution in [0.4, 0.5) is 0 Å². The van der Waals surface area contributed by atoms with Crippen molar-refractivity contribution in [2.45, 2.75) is 31.8 Å². The van der Waals surface area contributed by atoms with Gasteiger partial charge in [-0.25, -0.2) is 0 Å². The van der Waals surface area contributed by atoms with E-state index in [1.54, 1.807) is 0 Å². The Labute approximate surface area is 97.3 Å². The Morgan fingerprint density at radius 3 is 2.88 bits per heavy atom. The lowest BCUT2D eigenvalue weighted by Gasteiger charge is -2.16. The third-order valence-electron chi connectivity index (χ3n) is 3.23. The highest BCUT2D eigenvalue weighted by Crippen LogP contribution is 2.29. The molecular formula is C12H22N2O2. The quantitative estimate of drug-likeness (QED) is 0.722. The summed E-state index contributed by atoms with van der Waals surface area (Å²) in [4.78, 5) is 13.7. The zero-order chi connectivity index (χ0) is 11.4. The van der Waals surface area contributed by atoms with E-state index in [0.29, 0.717) is 13.1 Å². The van der Waals surface area contributed by atoms with Crippen molar-refractivity contribution in [2.24, 2.45) is 5.92 Å². The van der Waals surface area contributed by atoms with Crippen LogP contribution in [0.5, 0.6) is 0 Å². The zero-order valence-electron chi connectivity index (χ0n) is 10.1. The van der Waals surface area contributed by atoms with E-state index in [9.17, 15) is 4.79 Å². The van der Waals surface area contributed by atoms with E-state index in [1.807, 2.05) is 7.05 Å². The van der Waals surface area contributed by atoms with Gasteiger partial charge in [0.25, 0.3) is 0 Å². The van der Waals surface area contributed by atoms with Crippen molar-refractivity contribution in [3.8, 4) is 0 Å². The molecule has 1 saturated heterocycles. The van der Waals surface area contributed by atoms with Gasteiger partial charge in [0.1, 0.15) is 0 Å². The van der Waals surface area contributed by atoms with Crippen LogP contribution in [0.1, 0.15) is 25.7 Å². The predicted molar refractivity (Wildman–Crippen MR) is 62.2 cm³/mol. The van der Waals surface area contributed by atoms with Gasteiger partial charge in [-0.3, -0.25) is 9.69 Å². The molecule has 4 heteroatoms. The maximum atomic E-state index is 11.6. The topological polar surface area (TPSA) is 41.6 Å². The number of nitrogens with one attached hydrogen (secondary N) is 1. The number of ether oxygens (including phenoxy) is 1. The average Bonchev–Trinajstić information content (AvgIpc) is 2.89. The van der Waals surface area contributed by atoms with Crippen molar-refractivity contribution in [3.63, 3.8) is 0 Å². The Bertz CT molecular complexity index is 235. The molecule has 1 heterocycles. The molecule has 92 valence electrons. The largest absolute Gasteiger partial charge is 0.376 e. The summed E-state index contributed by atoms with van der Waals surface area (Å²) in [6.45, 7) is 3.11. The van der Waals surface area contributed by atoms with E-state index in [0.717, 1.165) is 31.9 Å². The minimum atomic E-state index is 0.124. The van der Waals surface area contributed by atoms with Crippen LogP contribution in [-0.4, -0.2) is 50.2 Å². The minimum absolute atomic E-state index is 0.124. The molecule has 0 bridgehead atoms. The molecular weight excluding hydrogens is 204 g/mol. The smallest absolute Gasteiger partial charge is 0.234 e. The molecule has 1 aliphatic carbocycles. The molecule has 2 aliphatic rings. The van der Waals surface area contributed by atoms with Gasteiger partial charge in [-0.1, -0.05) is 0 Å². The lowest BCUT2D eigenvalue weighted by Crippen LogP contribution is -2.39. The summed E-state index contributed by atoms with van der Waals surface area (Å²) in [5, 5.41) is 2.94. The highest BCUT2D eigenvalue weighted by Gasteiger charge is 2.23. The van der Waals surface area contributed by atoms with E-state index >= 15 is 0 Å². The molecule has 2 fully saturated rings. The van der Waals surface area contributed by atoms with Gasteiger partial charge >= 0.3 is 0 Å². The molecule has 0 aromatic heterocycles. The molecule has 4 nitrogen and oxygen atoms in total. The lowest BCUT2D eigenvalue weighted by molar-refractivity contribution is -0.122. The molecule has 0 radical (unpaired) electrons. The van der Waals surface area contributed by atoms with Crippen LogP contribution in [0.3, 0.4) is 0 Å². The summed E-state index contributed by atoms with van der Waals surface area (Å²) >= 11 is 0. The van der Waals surface area contributed by atoms with Gasteiger partial charge in [0.15, 0.2) is 0 Å². The first-order valence-electron chi connectivity index (χ1n) is 6.31. The number of amides is 1. The van der Waals surface area contributed by atoms with Crippen LogP contribution in [0.15, 0.2) is 0 Å². The number of nitrogens with zero attached hydrogens (tertiary/aromatic N) is 1. The molecule has 1 N–H and O–H groups in total. The summed E-state index contributed by atoms with van der Waals surface area (Å²) in [5.74, 6) is 0.967. The van der Waals surface area contributed by atoms with Gasteiger partial charge in [-0.05, 0) is 38.6 Å². The maximum Gasteiger partial charge on any atom is 0.234 e. The second-order valence-corrected chi connectivity index (χ2v) is 5.08. The monoisotopic (exact) mass is 226 g/mol. The number of hydrogen-bond acceptors (Lipinski definition) is 3. The van der Waals surface area contributed by atoms with E-state index < -0.39 is 0 Å². The van der Waals surface area contributed by atoms with E-state index in [1.165, 1.54) is 12.8 Å². The first-order chi connectivity index (χ1) is 7.74. The van der Waals surface area contributed by atoms with Crippen molar-refractivity contribution in [1.29, 1.82) is 0 Å². The Morgan fingerprint density at radius 2 is 2.25 bits per heavy atom. The zero-order valence-corrected chi connectivity index (χ0v) is 10.1. The molecule has 0 spiro atoms. The number of hydrogen-bond donors (Lipinski definition) is 1. The molecule has 1 atom stereocenters. The molecule has 0 aromatic carbocycles. The average molecular weight is 226 g/mol. The summed E-state index contributed by atoms with van der Waals surface area (Å²) in [5.41, 5.74) is 0. The first-order valence-corrected chi connectivity index (χ1v) is 6.31. The van der Waals surface area contributed by atoms with Crippen LogP contribution in [0, 0.1) is 5.92 Å². The number of rotatable bonds is 6. The molecule has 2 rings (SSSR count). The summed E-state index contributed by atoms with van der Waals surface area (Å²) in [6, 6.07) is 0. The molecule has 0 aromatic rings. The normalized spacial score (nSPS) is 25.0. The van der Waals surface area contributed by atoms with Gasteiger partial charge in [-0.2, -0.15) is 0 Å². The Balaban J connectivity index is 1.55. The SMILES string of the molecule is CN(CC(=O)NCC1CCCO1)CC1CC1. The highest BCUT2D eigenvalue weighted by molar-refractivity contribution is 5.77. The Morgan fingerprint density at radius 1 is 1.44 bits per heavy atom. The lowest BCUT2D eigenvalue weighted by atomic mass is 10.2. The molecule has 1 saturated carbocycles. The third kappa shape index (κ3) is 4.10. The standard InChI is InChI=1S/C12H22N2O2/c1-14(8-10-4-5-10)9-12(15)13-7-11-3-2-6-16-11/h10-11H,2-9H2,1H3,(H,13,15). The van der Waals surface area contributed by atoms with E-state index in [4.69, 9.17) is 4.74 Å². The van der Waals surface area contributed by atoms with Crippen molar-refractivity contribution in [1.82, 2.24) is 10.2 Å². The van der Waals surface area contributed by atoms with Crippen LogP contribution in [0.2, 0.25) is 0 Å². The second-order valence-electron chi connectivity index (χ2n) is 5.08. The van der Waals surface area contributed by atoms with Crippen molar-refractivity contribution in [2.75, 3.05) is 33.3 Å². The first kappa shape index (κ1) is 11.9. The van der Waals surface area contributed by atoms with Crippen LogP contribution >= 0.6 is 0 Å². The fourth-order valence-corrected chi connectivity index (χ4v) is 2.14. The number of carbonyl (C=O) groups is 1. The second kappa shape index (κ2) is 5.64. The van der Waals surface area contributed by atoms with Crippen molar-refractivity contribution in [3.05, 3.63) is 0 Å². The Kier molecular flexibility index (Phi) is 4.18. The van der Waals surface area contributed by atoms with Gasteiger partial charge in [0.2, 0.25) is 5.91 Å². The van der Waals surface area contributed by atoms with Crippen LogP contribution in [0.25, 0.3) is 0 Å². The fourth-order valence-electron chi connectivity index (χ4n) is 2.14. The summed E-state index contributed by atoms with van der Waals surface area (Å²) in [6.07, 6.45) is 5.13. The minimum Gasteiger partial charge on any atom is -0.376 e. The van der Waals surface area contributed by atoms with E-state index in [2.05, 4.69) is 10.2 Å². The van der Waals surface area contributed by atoms with E-state index in [-0.39, 0.29) is 12.0 Å². The Hall–Kier alpha value is -0.610.